The maximum Gasteiger partial charge on any atom is 0.227 e. The largest absolute Gasteiger partial charge is 0.330 e. The summed E-state index contributed by atoms with van der Waals surface area (Å²) in [7, 11) is 0. The molecule has 0 fully saturated rings. The molecule has 106 valence electrons. The van der Waals surface area contributed by atoms with Gasteiger partial charge in [-0.3, -0.25) is 9.78 Å². The van der Waals surface area contributed by atoms with Crippen molar-refractivity contribution in [1.82, 2.24) is 4.98 Å². The van der Waals surface area contributed by atoms with Crippen molar-refractivity contribution >= 4 is 34.1 Å². The zero-order valence-electron chi connectivity index (χ0n) is 11.4. The lowest BCUT2D eigenvalue weighted by Gasteiger charge is -2.13. The topological polar surface area (TPSA) is 68.0 Å². The first-order valence-electron chi connectivity index (χ1n) is 6.67. The summed E-state index contributed by atoms with van der Waals surface area (Å²) in [6.07, 6.45) is 3.31. The van der Waals surface area contributed by atoms with Gasteiger partial charge in [0.05, 0.1) is 16.2 Å². The number of amides is 1. The van der Waals surface area contributed by atoms with Crippen molar-refractivity contribution < 1.29 is 4.79 Å². The lowest BCUT2D eigenvalue weighted by molar-refractivity contribution is -0.119. The number of nitrogens with one attached hydrogen (secondary N) is 1. The van der Waals surface area contributed by atoms with E-state index in [1.807, 2.05) is 19.1 Å². The summed E-state index contributed by atoms with van der Waals surface area (Å²) in [6.45, 7) is 2.51. The lowest BCUT2D eigenvalue weighted by atomic mass is 10.0. The summed E-state index contributed by atoms with van der Waals surface area (Å²) in [5.74, 6) is -0.0770. The van der Waals surface area contributed by atoms with Crippen LogP contribution in [0.3, 0.4) is 0 Å². The van der Waals surface area contributed by atoms with E-state index >= 15 is 0 Å². The Labute approximate surface area is 123 Å². The SMILES string of the molecule is CC(CCCN)C(=O)Nc1ccc(Cl)c2ncccc12. The molecule has 0 aliphatic carbocycles. The van der Waals surface area contributed by atoms with Crippen molar-refractivity contribution in [3.05, 3.63) is 35.5 Å². The zero-order valence-corrected chi connectivity index (χ0v) is 12.2. The molecule has 2 rings (SSSR count). The molecule has 1 aromatic carbocycles. The fourth-order valence-electron chi connectivity index (χ4n) is 2.06. The Morgan fingerprint density at radius 2 is 2.25 bits per heavy atom. The number of carbonyl (C=O) groups is 1. The third kappa shape index (κ3) is 3.26. The van der Waals surface area contributed by atoms with Crippen molar-refractivity contribution in [2.75, 3.05) is 11.9 Å². The van der Waals surface area contributed by atoms with Crippen molar-refractivity contribution in [3.8, 4) is 0 Å². The molecule has 0 aliphatic heterocycles. The summed E-state index contributed by atoms with van der Waals surface area (Å²) in [6, 6.07) is 7.28. The maximum absolute atomic E-state index is 12.1. The van der Waals surface area contributed by atoms with E-state index in [0.717, 1.165) is 23.9 Å². The van der Waals surface area contributed by atoms with Crippen molar-refractivity contribution in [3.63, 3.8) is 0 Å². The minimum absolute atomic E-state index is 0.00840. The van der Waals surface area contributed by atoms with Crippen molar-refractivity contribution in [2.24, 2.45) is 11.7 Å². The van der Waals surface area contributed by atoms with E-state index in [-0.39, 0.29) is 11.8 Å². The molecule has 2 aromatic rings. The van der Waals surface area contributed by atoms with Gasteiger partial charge in [0, 0.05) is 17.5 Å². The number of halogens is 1. The van der Waals surface area contributed by atoms with Crippen LogP contribution in [0.1, 0.15) is 19.8 Å². The van der Waals surface area contributed by atoms with Crippen LogP contribution in [0.4, 0.5) is 5.69 Å². The summed E-state index contributed by atoms with van der Waals surface area (Å²) >= 11 is 6.11. The molecular weight excluding hydrogens is 274 g/mol. The molecule has 0 bridgehead atoms. The molecule has 1 amide bonds. The normalized spacial score (nSPS) is 12.3. The van der Waals surface area contributed by atoms with Gasteiger partial charge >= 0.3 is 0 Å². The highest BCUT2D eigenvalue weighted by atomic mass is 35.5. The number of fused-ring (bicyclic) bond motifs is 1. The van der Waals surface area contributed by atoms with Gasteiger partial charge in [0.1, 0.15) is 0 Å². The van der Waals surface area contributed by atoms with E-state index < -0.39 is 0 Å². The van der Waals surface area contributed by atoms with Gasteiger partial charge in [0.15, 0.2) is 0 Å². The number of aromatic nitrogens is 1. The van der Waals surface area contributed by atoms with Crippen LogP contribution >= 0.6 is 11.6 Å². The van der Waals surface area contributed by atoms with Crippen LogP contribution in [0.5, 0.6) is 0 Å². The summed E-state index contributed by atoms with van der Waals surface area (Å²) in [5.41, 5.74) is 6.90. The van der Waals surface area contributed by atoms with Crippen LogP contribution in [0.25, 0.3) is 10.9 Å². The second-order valence-electron chi connectivity index (χ2n) is 4.82. The van der Waals surface area contributed by atoms with E-state index in [1.54, 1.807) is 18.3 Å². The predicted octanol–water partition coefficient (Wildman–Crippen LogP) is 3.20. The van der Waals surface area contributed by atoms with Gasteiger partial charge < -0.3 is 11.1 Å². The highest BCUT2D eigenvalue weighted by molar-refractivity contribution is 6.35. The number of rotatable bonds is 5. The molecule has 0 saturated carbocycles. The smallest absolute Gasteiger partial charge is 0.227 e. The van der Waals surface area contributed by atoms with Gasteiger partial charge in [-0.25, -0.2) is 0 Å². The van der Waals surface area contributed by atoms with E-state index in [2.05, 4.69) is 10.3 Å². The molecular formula is C15H18ClN3O. The number of pyridine rings is 1. The standard InChI is InChI=1S/C15H18ClN3O/c1-10(4-2-8-17)15(20)19-13-7-6-12(16)14-11(13)5-3-9-18-14/h3,5-7,9-10H,2,4,8,17H2,1H3,(H,19,20). The Balaban J connectivity index is 2.22. The maximum atomic E-state index is 12.1. The Kier molecular flexibility index (Phi) is 4.93. The highest BCUT2D eigenvalue weighted by Gasteiger charge is 2.14. The van der Waals surface area contributed by atoms with Crippen LogP contribution in [-0.2, 0) is 4.79 Å². The van der Waals surface area contributed by atoms with E-state index in [4.69, 9.17) is 17.3 Å². The Morgan fingerprint density at radius 1 is 1.45 bits per heavy atom. The van der Waals surface area contributed by atoms with E-state index in [0.29, 0.717) is 17.1 Å². The number of nitrogens with zero attached hydrogens (tertiary/aromatic N) is 1. The summed E-state index contributed by atoms with van der Waals surface area (Å²) in [4.78, 5) is 16.4. The molecule has 5 heteroatoms. The van der Waals surface area contributed by atoms with Crippen molar-refractivity contribution in [2.45, 2.75) is 19.8 Å². The van der Waals surface area contributed by atoms with Gasteiger partial charge in [0.2, 0.25) is 5.91 Å². The third-order valence-electron chi connectivity index (χ3n) is 3.27. The Hall–Kier alpha value is -1.65. The van der Waals surface area contributed by atoms with Crippen LogP contribution in [0, 0.1) is 5.92 Å². The fraction of sp³-hybridized carbons (Fsp3) is 0.333. The molecule has 1 heterocycles. The van der Waals surface area contributed by atoms with Crippen LogP contribution in [0.15, 0.2) is 30.5 Å². The number of benzene rings is 1. The number of carbonyl (C=O) groups excluding carboxylic acids is 1. The fourth-order valence-corrected chi connectivity index (χ4v) is 2.27. The van der Waals surface area contributed by atoms with Gasteiger partial charge in [-0.2, -0.15) is 0 Å². The van der Waals surface area contributed by atoms with Gasteiger partial charge in [-0.05, 0) is 43.7 Å². The summed E-state index contributed by atoms with van der Waals surface area (Å²) < 4.78 is 0. The van der Waals surface area contributed by atoms with Gasteiger partial charge in [-0.1, -0.05) is 18.5 Å². The zero-order chi connectivity index (χ0) is 14.5. The highest BCUT2D eigenvalue weighted by Crippen LogP contribution is 2.28. The first-order chi connectivity index (χ1) is 9.63. The molecule has 1 aromatic heterocycles. The quantitative estimate of drug-likeness (QED) is 0.889. The van der Waals surface area contributed by atoms with Crippen LogP contribution in [-0.4, -0.2) is 17.4 Å². The molecule has 4 nitrogen and oxygen atoms in total. The van der Waals surface area contributed by atoms with Crippen LogP contribution < -0.4 is 11.1 Å². The first kappa shape index (κ1) is 14.8. The summed E-state index contributed by atoms with van der Waals surface area (Å²) in [5, 5.41) is 4.37. The number of nitrogens with two attached hydrogens (primary N) is 1. The first-order valence-corrected chi connectivity index (χ1v) is 7.05. The number of hydrogen-bond donors (Lipinski definition) is 2. The monoisotopic (exact) mass is 291 g/mol. The molecule has 1 atom stereocenters. The number of anilines is 1. The average Bonchev–Trinajstić information content (AvgIpc) is 2.47. The molecule has 0 saturated heterocycles. The van der Waals surface area contributed by atoms with Gasteiger partial charge in [-0.15, -0.1) is 0 Å². The predicted molar refractivity (Wildman–Crippen MR) is 82.8 cm³/mol. The molecule has 1 unspecified atom stereocenters. The molecule has 0 radical (unpaired) electrons. The molecule has 0 spiro atoms. The lowest BCUT2D eigenvalue weighted by Crippen LogP contribution is -2.21. The molecule has 20 heavy (non-hydrogen) atoms. The van der Waals surface area contributed by atoms with E-state index in [1.165, 1.54) is 0 Å². The third-order valence-corrected chi connectivity index (χ3v) is 3.57. The Bertz CT molecular complexity index is 615. The van der Waals surface area contributed by atoms with Crippen molar-refractivity contribution in [1.29, 1.82) is 0 Å². The second kappa shape index (κ2) is 6.68. The second-order valence-corrected chi connectivity index (χ2v) is 5.22. The Morgan fingerprint density at radius 3 is 3.00 bits per heavy atom. The average molecular weight is 292 g/mol. The minimum atomic E-state index is -0.0686. The minimum Gasteiger partial charge on any atom is -0.330 e. The number of hydrogen-bond acceptors (Lipinski definition) is 3. The molecule has 0 aliphatic rings. The molecule has 3 N–H and O–H groups in total. The van der Waals surface area contributed by atoms with E-state index in [9.17, 15) is 4.79 Å². The van der Waals surface area contributed by atoms with Gasteiger partial charge in [0.25, 0.3) is 0 Å². The van der Waals surface area contributed by atoms with Crippen LogP contribution in [0.2, 0.25) is 5.02 Å².